The van der Waals surface area contributed by atoms with Crippen LogP contribution in [0.15, 0.2) is 58.3 Å². The molecule has 2 aromatic carbocycles. The van der Waals surface area contributed by atoms with Gasteiger partial charge in [0, 0.05) is 18.1 Å². The van der Waals surface area contributed by atoms with Gasteiger partial charge < -0.3 is 9.64 Å². The lowest BCUT2D eigenvalue weighted by Gasteiger charge is -2.25. The number of hydrogen-bond donors (Lipinski definition) is 0. The molecule has 25 heavy (non-hydrogen) atoms. The van der Waals surface area contributed by atoms with Crippen LogP contribution in [0.5, 0.6) is 5.75 Å². The Kier molecular flexibility index (Phi) is 5.30. The fourth-order valence-electron chi connectivity index (χ4n) is 2.68. The summed E-state index contributed by atoms with van der Waals surface area (Å²) in [6, 6.07) is 11.8. The van der Waals surface area contributed by atoms with Crippen LogP contribution in [0.4, 0.5) is 4.79 Å². The molecule has 5 nitrogen and oxygen atoms in total. The maximum Gasteiger partial charge on any atom is 0.415 e. The molecule has 0 N–H and O–H groups in total. The number of likely N-dealkylation sites (tertiary alicyclic amines) is 1. The maximum absolute atomic E-state index is 12.6. The SMILES string of the molecule is O=C(Oc1ccc(S(=O)(=O)c2ccc(Cl)cc2)cc1)N1CCCCC1. The van der Waals surface area contributed by atoms with Gasteiger partial charge in [-0.2, -0.15) is 0 Å². The number of carbonyl (C=O) groups excluding carboxylic acids is 1. The van der Waals surface area contributed by atoms with Crippen molar-refractivity contribution in [1.29, 1.82) is 0 Å². The van der Waals surface area contributed by atoms with Gasteiger partial charge in [-0.15, -0.1) is 0 Å². The lowest BCUT2D eigenvalue weighted by Crippen LogP contribution is -2.37. The summed E-state index contributed by atoms with van der Waals surface area (Å²) in [4.78, 5) is 14.0. The zero-order valence-electron chi connectivity index (χ0n) is 13.5. The number of rotatable bonds is 3. The number of sulfone groups is 1. The Morgan fingerprint density at radius 2 is 1.40 bits per heavy atom. The fraction of sp³-hybridized carbons (Fsp3) is 0.278. The van der Waals surface area contributed by atoms with Crippen molar-refractivity contribution in [2.45, 2.75) is 29.1 Å². The summed E-state index contributed by atoms with van der Waals surface area (Å²) in [5, 5.41) is 0.471. The first-order valence-corrected chi connectivity index (χ1v) is 9.90. The third-order valence-electron chi connectivity index (χ3n) is 4.08. The molecule has 1 fully saturated rings. The van der Waals surface area contributed by atoms with Gasteiger partial charge in [-0.1, -0.05) is 11.6 Å². The first kappa shape index (κ1) is 17.8. The number of piperidine rings is 1. The van der Waals surface area contributed by atoms with Gasteiger partial charge in [0.05, 0.1) is 9.79 Å². The van der Waals surface area contributed by atoms with Crippen LogP contribution in [0.3, 0.4) is 0 Å². The number of halogens is 1. The Morgan fingerprint density at radius 1 is 0.880 bits per heavy atom. The predicted molar refractivity (Wildman–Crippen MR) is 94.8 cm³/mol. The highest BCUT2D eigenvalue weighted by atomic mass is 35.5. The van der Waals surface area contributed by atoms with E-state index in [0.29, 0.717) is 23.9 Å². The van der Waals surface area contributed by atoms with Crippen molar-refractivity contribution in [2.75, 3.05) is 13.1 Å². The molecule has 0 atom stereocenters. The molecule has 1 aliphatic rings. The normalized spacial score (nSPS) is 15.0. The third kappa shape index (κ3) is 4.14. The highest BCUT2D eigenvalue weighted by Gasteiger charge is 2.20. The molecule has 2 aromatic rings. The van der Waals surface area contributed by atoms with Crippen molar-refractivity contribution in [2.24, 2.45) is 0 Å². The van der Waals surface area contributed by atoms with Gasteiger partial charge in [0.25, 0.3) is 0 Å². The van der Waals surface area contributed by atoms with Crippen molar-refractivity contribution in [3.05, 3.63) is 53.6 Å². The molecule has 132 valence electrons. The average molecular weight is 380 g/mol. The number of ether oxygens (including phenoxy) is 1. The van der Waals surface area contributed by atoms with E-state index in [4.69, 9.17) is 16.3 Å². The van der Waals surface area contributed by atoms with E-state index >= 15 is 0 Å². The molecule has 1 aliphatic heterocycles. The lowest BCUT2D eigenvalue weighted by atomic mass is 10.1. The quantitative estimate of drug-likeness (QED) is 0.803. The van der Waals surface area contributed by atoms with Crippen LogP contribution in [0.2, 0.25) is 5.02 Å². The molecular formula is C18H18ClNO4S. The van der Waals surface area contributed by atoms with E-state index in [1.165, 1.54) is 48.5 Å². The number of carbonyl (C=O) groups is 1. The summed E-state index contributed by atoms with van der Waals surface area (Å²) in [5.74, 6) is 0.325. The highest BCUT2D eigenvalue weighted by Crippen LogP contribution is 2.24. The van der Waals surface area contributed by atoms with Gasteiger partial charge in [-0.3, -0.25) is 0 Å². The van der Waals surface area contributed by atoms with E-state index in [1.54, 1.807) is 4.90 Å². The lowest BCUT2D eigenvalue weighted by molar-refractivity contribution is 0.142. The standard InChI is InChI=1S/C18H18ClNO4S/c19-14-4-8-16(9-5-14)25(22,23)17-10-6-15(7-11-17)24-18(21)20-12-2-1-3-13-20/h4-11H,1-3,12-13H2. The summed E-state index contributed by atoms with van der Waals surface area (Å²) in [6.45, 7) is 1.39. The van der Waals surface area contributed by atoms with Crippen LogP contribution in [0.1, 0.15) is 19.3 Å². The highest BCUT2D eigenvalue weighted by molar-refractivity contribution is 7.91. The van der Waals surface area contributed by atoms with Gasteiger partial charge in [0.1, 0.15) is 5.75 Å². The summed E-state index contributed by atoms with van der Waals surface area (Å²) in [7, 11) is -3.63. The topological polar surface area (TPSA) is 63.7 Å². The molecule has 3 rings (SSSR count). The summed E-state index contributed by atoms with van der Waals surface area (Å²) in [6.07, 6.45) is 2.69. The van der Waals surface area contributed by atoms with Crippen LogP contribution in [0, 0.1) is 0 Å². The zero-order valence-corrected chi connectivity index (χ0v) is 15.1. The fourth-order valence-corrected chi connectivity index (χ4v) is 4.07. The number of amides is 1. The van der Waals surface area contributed by atoms with Crippen molar-refractivity contribution in [3.63, 3.8) is 0 Å². The minimum atomic E-state index is -3.63. The van der Waals surface area contributed by atoms with E-state index < -0.39 is 15.9 Å². The van der Waals surface area contributed by atoms with Crippen LogP contribution < -0.4 is 4.74 Å². The van der Waals surface area contributed by atoms with Crippen molar-refractivity contribution in [1.82, 2.24) is 4.90 Å². The molecule has 0 bridgehead atoms. The summed E-state index contributed by atoms with van der Waals surface area (Å²) < 4.78 is 30.5. The molecule has 1 amide bonds. The summed E-state index contributed by atoms with van der Waals surface area (Å²) in [5.41, 5.74) is 0. The minimum absolute atomic E-state index is 0.132. The van der Waals surface area contributed by atoms with Crippen molar-refractivity contribution >= 4 is 27.5 Å². The van der Waals surface area contributed by atoms with E-state index in [1.807, 2.05) is 0 Å². The second kappa shape index (κ2) is 7.45. The maximum atomic E-state index is 12.6. The Hall–Kier alpha value is -2.05. The van der Waals surface area contributed by atoms with Crippen LogP contribution in [-0.4, -0.2) is 32.5 Å². The molecule has 0 aliphatic carbocycles. The van der Waals surface area contributed by atoms with Crippen molar-refractivity contribution in [3.8, 4) is 5.75 Å². The molecule has 1 saturated heterocycles. The molecule has 0 saturated carbocycles. The molecule has 0 spiro atoms. The predicted octanol–water partition coefficient (Wildman–Crippen LogP) is 4.16. The third-order valence-corrected chi connectivity index (χ3v) is 6.11. The number of hydrogen-bond acceptors (Lipinski definition) is 4. The number of benzene rings is 2. The Morgan fingerprint density at radius 3 is 1.96 bits per heavy atom. The van der Waals surface area contributed by atoms with E-state index in [2.05, 4.69) is 0 Å². The Bertz CT molecular complexity index is 842. The van der Waals surface area contributed by atoms with Gasteiger partial charge in [0.15, 0.2) is 0 Å². The van der Waals surface area contributed by atoms with E-state index in [-0.39, 0.29) is 9.79 Å². The summed E-state index contributed by atoms with van der Waals surface area (Å²) >= 11 is 5.79. The van der Waals surface area contributed by atoms with Gasteiger partial charge in [0.2, 0.25) is 9.84 Å². The van der Waals surface area contributed by atoms with E-state index in [0.717, 1.165) is 19.3 Å². The molecule has 0 aromatic heterocycles. The van der Waals surface area contributed by atoms with Crippen LogP contribution >= 0.6 is 11.6 Å². The van der Waals surface area contributed by atoms with Crippen LogP contribution in [-0.2, 0) is 9.84 Å². The van der Waals surface area contributed by atoms with E-state index in [9.17, 15) is 13.2 Å². The Labute approximate surface area is 152 Å². The minimum Gasteiger partial charge on any atom is -0.410 e. The zero-order chi connectivity index (χ0) is 17.9. The van der Waals surface area contributed by atoms with Crippen LogP contribution in [0.25, 0.3) is 0 Å². The molecule has 0 unspecified atom stereocenters. The van der Waals surface area contributed by atoms with Crippen molar-refractivity contribution < 1.29 is 17.9 Å². The van der Waals surface area contributed by atoms with Gasteiger partial charge >= 0.3 is 6.09 Å². The first-order valence-electron chi connectivity index (χ1n) is 8.04. The second-order valence-electron chi connectivity index (χ2n) is 5.84. The number of nitrogens with zero attached hydrogens (tertiary/aromatic N) is 1. The monoisotopic (exact) mass is 379 g/mol. The second-order valence-corrected chi connectivity index (χ2v) is 8.23. The Balaban J connectivity index is 1.73. The average Bonchev–Trinajstić information content (AvgIpc) is 2.63. The molecule has 0 radical (unpaired) electrons. The smallest absolute Gasteiger partial charge is 0.410 e. The molecule has 1 heterocycles. The molecule has 7 heteroatoms. The molecular weight excluding hydrogens is 362 g/mol. The van der Waals surface area contributed by atoms with Gasteiger partial charge in [-0.05, 0) is 67.8 Å². The van der Waals surface area contributed by atoms with Gasteiger partial charge in [-0.25, -0.2) is 13.2 Å². The first-order chi connectivity index (χ1) is 12.0. The largest absolute Gasteiger partial charge is 0.415 e.